The summed E-state index contributed by atoms with van der Waals surface area (Å²) in [6, 6.07) is 10.3. The molecule has 0 saturated carbocycles. The van der Waals surface area contributed by atoms with Crippen LogP contribution in [0.5, 0.6) is 0 Å². The molecular formula is C14H11Cl2NO2S. The highest BCUT2D eigenvalue weighted by atomic mass is 35.5. The van der Waals surface area contributed by atoms with Crippen molar-refractivity contribution < 1.29 is 9.90 Å². The number of benzene rings is 2. The summed E-state index contributed by atoms with van der Waals surface area (Å²) in [5.74, 6) is -0.971. The smallest absolute Gasteiger partial charge is 0.337 e. The monoisotopic (exact) mass is 327 g/mol. The van der Waals surface area contributed by atoms with E-state index in [0.29, 0.717) is 15.7 Å². The van der Waals surface area contributed by atoms with Crippen LogP contribution in [-0.4, -0.2) is 11.1 Å². The van der Waals surface area contributed by atoms with Crippen LogP contribution in [0.15, 0.2) is 41.3 Å². The van der Waals surface area contributed by atoms with Crippen LogP contribution in [0, 0.1) is 6.92 Å². The summed E-state index contributed by atoms with van der Waals surface area (Å²) >= 11 is 13.1. The van der Waals surface area contributed by atoms with Gasteiger partial charge in [0.25, 0.3) is 0 Å². The third kappa shape index (κ3) is 3.60. The van der Waals surface area contributed by atoms with E-state index in [9.17, 15) is 9.90 Å². The highest BCUT2D eigenvalue weighted by Crippen LogP contribution is 2.30. The van der Waals surface area contributed by atoms with Gasteiger partial charge in [-0.05, 0) is 48.7 Å². The summed E-state index contributed by atoms with van der Waals surface area (Å²) in [5, 5.41) is 10.2. The number of rotatable bonds is 4. The number of carboxylic acid groups (broad SMARTS) is 1. The Kier molecular flexibility index (Phi) is 4.81. The molecule has 20 heavy (non-hydrogen) atoms. The van der Waals surface area contributed by atoms with Crippen molar-refractivity contribution in [2.75, 3.05) is 4.72 Å². The van der Waals surface area contributed by atoms with Crippen LogP contribution >= 0.6 is 35.1 Å². The summed E-state index contributed by atoms with van der Waals surface area (Å²) in [7, 11) is 0. The van der Waals surface area contributed by atoms with Crippen LogP contribution < -0.4 is 4.72 Å². The van der Waals surface area contributed by atoms with Gasteiger partial charge >= 0.3 is 5.97 Å². The Bertz CT molecular complexity index is 641. The molecule has 0 atom stereocenters. The van der Waals surface area contributed by atoms with Crippen LogP contribution in [0.1, 0.15) is 15.9 Å². The van der Waals surface area contributed by atoms with Crippen LogP contribution in [0.3, 0.4) is 0 Å². The number of hydrogen-bond acceptors (Lipinski definition) is 3. The Morgan fingerprint density at radius 2 is 1.85 bits per heavy atom. The number of para-hydroxylation sites is 1. The van der Waals surface area contributed by atoms with Gasteiger partial charge in [-0.3, -0.25) is 0 Å². The summed E-state index contributed by atoms with van der Waals surface area (Å²) in [4.78, 5) is 12.0. The van der Waals surface area contributed by atoms with Gasteiger partial charge in [0, 0.05) is 14.9 Å². The predicted molar refractivity (Wildman–Crippen MR) is 84.1 cm³/mol. The molecule has 2 aromatic rings. The predicted octanol–water partition coefficient (Wildman–Crippen LogP) is 5.12. The molecule has 0 aliphatic heterocycles. The van der Waals surface area contributed by atoms with Crippen molar-refractivity contribution in [1.29, 1.82) is 0 Å². The van der Waals surface area contributed by atoms with E-state index in [2.05, 4.69) is 4.72 Å². The van der Waals surface area contributed by atoms with Crippen molar-refractivity contribution >= 4 is 46.8 Å². The van der Waals surface area contributed by atoms with Gasteiger partial charge in [-0.25, -0.2) is 4.79 Å². The second-order valence-electron chi connectivity index (χ2n) is 4.11. The van der Waals surface area contributed by atoms with Gasteiger partial charge in [0.05, 0.1) is 11.3 Å². The number of carboxylic acids is 1. The molecule has 0 aromatic heterocycles. The van der Waals surface area contributed by atoms with E-state index >= 15 is 0 Å². The zero-order valence-electron chi connectivity index (χ0n) is 10.5. The normalized spacial score (nSPS) is 10.3. The highest BCUT2D eigenvalue weighted by Gasteiger charge is 2.12. The SMILES string of the molecule is Cc1cccc(C(=O)O)c1NSc1cc(Cl)cc(Cl)c1. The van der Waals surface area contributed by atoms with Gasteiger partial charge in [-0.15, -0.1) is 0 Å². The lowest BCUT2D eigenvalue weighted by molar-refractivity contribution is 0.0698. The molecule has 0 heterocycles. The quantitative estimate of drug-likeness (QED) is 0.765. The molecule has 0 unspecified atom stereocenters. The molecule has 0 radical (unpaired) electrons. The van der Waals surface area contributed by atoms with Crippen molar-refractivity contribution in [3.8, 4) is 0 Å². The van der Waals surface area contributed by atoms with Crippen LogP contribution in [-0.2, 0) is 0 Å². The largest absolute Gasteiger partial charge is 0.478 e. The summed E-state index contributed by atoms with van der Waals surface area (Å²) in [6.45, 7) is 1.85. The van der Waals surface area contributed by atoms with E-state index in [1.54, 1.807) is 30.3 Å². The Morgan fingerprint density at radius 1 is 1.20 bits per heavy atom. The van der Waals surface area contributed by atoms with Crippen molar-refractivity contribution in [2.45, 2.75) is 11.8 Å². The second kappa shape index (κ2) is 6.39. The molecule has 2 rings (SSSR count). The fourth-order valence-corrected chi connectivity index (χ4v) is 3.20. The van der Waals surface area contributed by atoms with Crippen molar-refractivity contribution in [3.63, 3.8) is 0 Å². The lowest BCUT2D eigenvalue weighted by Crippen LogP contribution is -2.03. The lowest BCUT2D eigenvalue weighted by atomic mass is 10.1. The van der Waals surface area contributed by atoms with E-state index in [1.165, 1.54) is 11.9 Å². The van der Waals surface area contributed by atoms with Gasteiger partial charge in [0.15, 0.2) is 0 Å². The van der Waals surface area contributed by atoms with Gasteiger partial charge < -0.3 is 9.83 Å². The summed E-state index contributed by atoms with van der Waals surface area (Å²) in [5.41, 5.74) is 1.65. The van der Waals surface area contributed by atoms with Crippen molar-refractivity contribution in [3.05, 3.63) is 57.6 Å². The minimum absolute atomic E-state index is 0.227. The van der Waals surface area contributed by atoms with E-state index in [1.807, 2.05) is 13.0 Å². The molecule has 0 bridgehead atoms. The van der Waals surface area contributed by atoms with E-state index in [4.69, 9.17) is 23.2 Å². The number of anilines is 1. The molecule has 0 aliphatic rings. The zero-order valence-corrected chi connectivity index (χ0v) is 12.8. The maximum Gasteiger partial charge on any atom is 0.337 e. The number of nitrogens with one attached hydrogen (secondary N) is 1. The summed E-state index contributed by atoms with van der Waals surface area (Å²) < 4.78 is 3.05. The Balaban J connectivity index is 2.25. The molecule has 2 aromatic carbocycles. The first-order valence-electron chi connectivity index (χ1n) is 5.69. The highest BCUT2D eigenvalue weighted by molar-refractivity contribution is 8.00. The minimum atomic E-state index is -0.971. The fraction of sp³-hybridized carbons (Fsp3) is 0.0714. The van der Waals surface area contributed by atoms with Crippen LogP contribution in [0.4, 0.5) is 5.69 Å². The Hall–Kier alpha value is -1.36. The topological polar surface area (TPSA) is 49.3 Å². The molecule has 0 fully saturated rings. The Labute approximate surface area is 131 Å². The molecule has 0 amide bonds. The third-order valence-corrected chi connectivity index (χ3v) is 3.82. The molecular weight excluding hydrogens is 317 g/mol. The average molecular weight is 328 g/mol. The first kappa shape index (κ1) is 15.0. The molecule has 0 aliphatic carbocycles. The number of halogens is 2. The van der Waals surface area contributed by atoms with Gasteiger partial charge in [0.2, 0.25) is 0 Å². The molecule has 2 N–H and O–H groups in total. The minimum Gasteiger partial charge on any atom is -0.478 e. The first-order chi connectivity index (χ1) is 9.47. The van der Waals surface area contributed by atoms with Crippen molar-refractivity contribution in [2.24, 2.45) is 0 Å². The number of carbonyl (C=O) groups is 1. The Morgan fingerprint density at radius 3 is 2.45 bits per heavy atom. The van der Waals surface area contributed by atoms with Gasteiger partial charge in [-0.1, -0.05) is 35.3 Å². The lowest BCUT2D eigenvalue weighted by Gasteiger charge is -2.12. The van der Waals surface area contributed by atoms with E-state index < -0.39 is 5.97 Å². The van der Waals surface area contributed by atoms with Crippen LogP contribution in [0.2, 0.25) is 10.0 Å². The molecule has 3 nitrogen and oxygen atoms in total. The fourth-order valence-electron chi connectivity index (χ4n) is 1.68. The standard InChI is InChI=1S/C14H11Cl2NO2S/c1-8-3-2-4-12(14(18)19)13(8)17-20-11-6-9(15)5-10(16)7-11/h2-7,17H,1H3,(H,18,19). The number of hydrogen-bond donors (Lipinski definition) is 2. The van der Waals surface area contributed by atoms with Crippen LogP contribution in [0.25, 0.3) is 0 Å². The number of aromatic carboxylic acids is 1. The third-order valence-electron chi connectivity index (χ3n) is 2.61. The van der Waals surface area contributed by atoms with E-state index in [0.717, 1.165) is 10.5 Å². The second-order valence-corrected chi connectivity index (χ2v) is 5.86. The maximum absolute atomic E-state index is 11.2. The molecule has 0 saturated heterocycles. The van der Waals surface area contributed by atoms with E-state index in [-0.39, 0.29) is 5.56 Å². The molecule has 104 valence electrons. The maximum atomic E-state index is 11.2. The summed E-state index contributed by atoms with van der Waals surface area (Å²) in [6.07, 6.45) is 0. The number of aryl methyl sites for hydroxylation is 1. The molecule has 0 spiro atoms. The zero-order chi connectivity index (χ0) is 14.7. The average Bonchev–Trinajstić information content (AvgIpc) is 2.35. The van der Waals surface area contributed by atoms with Gasteiger partial charge in [0.1, 0.15) is 0 Å². The molecule has 6 heteroatoms. The first-order valence-corrected chi connectivity index (χ1v) is 7.26. The van der Waals surface area contributed by atoms with Crippen molar-refractivity contribution in [1.82, 2.24) is 0 Å². The van der Waals surface area contributed by atoms with Gasteiger partial charge in [-0.2, -0.15) is 0 Å².